The van der Waals surface area contributed by atoms with Crippen molar-refractivity contribution in [2.24, 2.45) is 0 Å². The van der Waals surface area contributed by atoms with Gasteiger partial charge >= 0.3 is 0 Å². The fraction of sp³-hybridized carbons (Fsp3) is 1.00. The molecule has 1 N–H and O–H groups in total. The smallest absolute Gasteiger partial charge is 0.211 e. The number of alkyl halides is 1. The molecule has 86 valence electrons. The molecule has 0 saturated carbocycles. The molecule has 0 aromatic carbocycles. The van der Waals surface area contributed by atoms with Gasteiger partial charge in [0.05, 0.1) is 5.75 Å². The lowest BCUT2D eigenvalue weighted by Crippen LogP contribution is -2.27. The maximum atomic E-state index is 11.2. The van der Waals surface area contributed by atoms with Crippen LogP contribution in [0, 0.1) is 0 Å². The minimum absolute atomic E-state index is 0.244. The Morgan fingerprint density at radius 3 is 2.36 bits per heavy atom. The Kier molecular flexibility index (Phi) is 8.92. The van der Waals surface area contributed by atoms with Gasteiger partial charge in [-0.2, -0.15) is 0 Å². The molecule has 0 spiro atoms. The number of sulfonamides is 1. The molecule has 14 heavy (non-hydrogen) atoms. The van der Waals surface area contributed by atoms with Gasteiger partial charge in [0, 0.05) is 11.9 Å². The summed E-state index contributed by atoms with van der Waals surface area (Å²) in [4.78, 5) is 0. The Bertz CT molecular complexity index is 217. The Morgan fingerprint density at radius 2 is 1.79 bits per heavy atom. The number of rotatable bonds is 9. The van der Waals surface area contributed by atoms with Crippen LogP contribution < -0.4 is 4.72 Å². The summed E-state index contributed by atoms with van der Waals surface area (Å²) in [6, 6.07) is 0. The van der Waals surface area contributed by atoms with Gasteiger partial charge in [0.15, 0.2) is 0 Å². The third-order valence-electron chi connectivity index (χ3n) is 1.86. The molecule has 0 rings (SSSR count). The van der Waals surface area contributed by atoms with Crippen LogP contribution in [0.15, 0.2) is 0 Å². The van der Waals surface area contributed by atoms with Gasteiger partial charge in [-0.3, -0.25) is 0 Å². The summed E-state index contributed by atoms with van der Waals surface area (Å²) in [5.41, 5.74) is 0. The first-order chi connectivity index (χ1) is 6.62. The van der Waals surface area contributed by atoms with E-state index in [1.807, 2.05) is 6.92 Å². The highest BCUT2D eigenvalue weighted by atomic mass is 79.9. The van der Waals surface area contributed by atoms with E-state index in [1.54, 1.807) is 0 Å². The van der Waals surface area contributed by atoms with Crippen molar-refractivity contribution in [1.82, 2.24) is 4.72 Å². The van der Waals surface area contributed by atoms with Crippen molar-refractivity contribution in [1.29, 1.82) is 0 Å². The molecule has 0 amide bonds. The second kappa shape index (κ2) is 8.68. The van der Waals surface area contributed by atoms with Crippen molar-refractivity contribution in [3.05, 3.63) is 0 Å². The van der Waals surface area contributed by atoms with Gasteiger partial charge < -0.3 is 0 Å². The van der Waals surface area contributed by atoms with E-state index in [1.165, 1.54) is 12.8 Å². The topological polar surface area (TPSA) is 46.2 Å². The van der Waals surface area contributed by atoms with Gasteiger partial charge in [-0.05, 0) is 19.3 Å². The maximum absolute atomic E-state index is 11.2. The zero-order valence-electron chi connectivity index (χ0n) is 8.76. The fourth-order valence-electron chi connectivity index (χ4n) is 1.14. The van der Waals surface area contributed by atoms with Crippen molar-refractivity contribution >= 4 is 26.0 Å². The van der Waals surface area contributed by atoms with Gasteiger partial charge in [0.1, 0.15) is 0 Å². The SMILES string of the molecule is CCCS(=O)(=O)NCCCCCCBr. The predicted molar refractivity (Wildman–Crippen MR) is 64.3 cm³/mol. The quantitative estimate of drug-likeness (QED) is 0.522. The monoisotopic (exact) mass is 285 g/mol. The van der Waals surface area contributed by atoms with Gasteiger partial charge in [-0.1, -0.05) is 35.7 Å². The standard InChI is InChI=1S/C9H20BrNO2S/c1-2-9-14(12,13)11-8-6-4-3-5-7-10/h11H,2-9H2,1H3. The van der Waals surface area contributed by atoms with Crippen molar-refractivity contribution in [3.63, 3.8) is 0 Å². The molecule has 5 heteroatoms. The molecule has 3 nitrogen and oxygen atoms in total. The second-order valence-corrected chi connectivity index (χ2v) is 6.04. The molecular formula is C9H20BrNO2S. The van der Waals surface area contributed by atoms with Crippen molar-refractivity contribution in [3.8, 4) is 0 Å². The summed E-state index contributed by atoms with van der Waals surface area (Å²) in [6.07, 6.45) is 5.05. The van der Waals surface area contributed by atoms with Gasteiger partial charge in [0.25, 0.3) is 0 Å². The van der Waals surface area contributed by atoms with Gasteiger partial charge in [0.2, 0.25) is 10.0 Å². The fourth-order valence-corrected chi connectivity index (χ4v) is 2.68. The largest absolute Gasteiger partial charge is 0.215 e. The third kappa shape index (κ3) is 8.97. The summed E-state index contributed by atoms with van der Waals surface area (Å²) in [5, 5.41) is 1.04. The minimum atomic E-state index is -2.98. The van der Waals surface area contributed by atoms with E-state index in [-0.39, 0.29) is 5.75 Å². The molecule has 0 unspecified atom stereocenters. The highest BCUT2D eigenvalue weighted by molar-refractivity contribution is 9.09. The van der Waals surface area contributed by atoms with E-state index in [4.69, 9.17) is 0 Å². The van der Waals surface area contributed by atoms with Crippen molar-refractivity contribution < 1.29 is 8.42 Å². The van der Waals surface area contributed by atoms with E-state index < -0.39 is 10.0 Å². The molecule has 0 fully saturated rings. The summed E-state index contributed by atoms with van der Waals surface area (Å²) in [7, 11) is -2.98. The van der Waals surface area contributed by atoms with Gasteiger partial charge in [-0.15, -0.1) is 0 Å². The normalized spacial score (nSPS) is 11.9. The van der Waals surface area contributed by atoms with Gasteiger partial charge in [-0.25, -0.2) is 13.1 Å². The van der Waals surface area contributed by atoms with Crippen LogP contribution in [0.5, 0.6) is 0 Å². The van der Waals surface area contributed by atoms with E-state index in [9.17, 15) is 8.42 Å². The summed E-state index contributed by atoms with van der Waals surface area (Å²) in [5.74, 6) is 0.244. The molecule has 0 aliphatic carbocycles. The van der Waals surface area contributed by atoms with Crippen LogP contribution in [0.1, 0.15) is 39.0 Å². The van der Waals surface area contributed by atoms with Crippen LogP contribution in [0.25, 0.3) is 0 Å². The Hall–Kier alpha value is 0.390. The number of hydrogen-bond donors (Lipinski definition) is 1. The van der Waals surface area contributed by atoms with Crippen LogP contribution >= 0.6 is 15.9 Å². The van der Waals surface area contributed by atoms with E-state index >= 15 is 0 Å². The maximum Gasteiger partial charge on any atom is 0.211 e. The van der Waals surface area contributed by atoms with Crippen LogP contribution in [-0.2, 0) is 10.0 Å². The summed E-state index contributed by atoms with van der Waals surface area (Å²) < 4.78 is 25.0. The molecule has 0 aliphatic heterocycles. The molecule has 0 atom stereocenters. The van der Waals surface area contributed by atoms with Crippen molar-refractivity contribution in [2.75, 3.05) is 17.6 Å². The lowest BCUT2D eigenvalue weighted by Gasteiger charge is -2.04. The Labute approximate surface area is 95.8 Å². The van der Waals surface area contributed by atoms with E-state index in [2.05, 4.69) is 20.7 Å². The van der Waals surface area contributed by atoms with E-state index in [0.29, 0.717) is 13.0 Å². The number of hydrogen-bond acceptors (Lipinski definition) is 2. The average Bonchev–Trinajstić information content (AvgIpc) is 2.11. The highest BCUT2D eigenvalue weighted by Gasteiger charge is 2.06. The number of unbranched alkanes of at least 4 members (excludes halogenated alkanes) is 3. The summed E-state index contributed by atoms with van der Waals surface area (Å²) in [6.45, 7) is 2.46. The van der Waals surface area contributed by atoms with E-state index in [0.717, 1.165) is 18.2 Å². The Morgan fingerprint density at radius 1 is 1.14 bits per heavy atom. The second-order valence-electron chi connectivity index (χ2n) is 3.32. The Balaban J connectivity index is 3.35. The van der Waals surface area contributed by atoms with Crippen LogP contribution in [0.3, 0.4) is 0 Å². The first-order valence-electron chi connectivity index (χ1n) is 5.15. The number of halogens is 1. The predicted octanol–water partition coefficient (Wildman–Crippen LogP) is 2.27. The van der Waals surface area contributed by atoms with Crippen LogP contribution in [0.4, 0.5) is 0 Å². The summed E-state index contributed by atoms with van der Waals surface area (Å²) >= 11 is 3.36. The first-order valence-corrected chi connectivity index (χ1v) is 7.93. The third-order valence-corrected chi connectivity index (χ3v) is 4.01. The average molecular weight is 286 g/mol. The lowest BCUT2D eigenvalue weighted by atomic mass is 10.2. The zero-order chi connectivity index (χ0) is 10.9. The molecular weight excluding hydrogens is 266 g/mol. The molecule has 0 aromatic heterocycles. The van der Waals surface area contributed by atoms with Crippen molar-refractivity contribution in [2.45, 2.75) is 39.0 Å². The molecule has 0 bridgehead atoms. The zero-order valence-corrected chi connectivity index (χ0v) is 11.2. The highest BCUT2D eigenvalue weighted by Crippen LogP contribution is 2.01. The van der Waals surface area contributed by atoms with Crippen LogP contribution in [0.2, 0.25) is 0 Å². The lowest BCUT2D eigenvalue weighted by molar-refractivity contribution is 0.572. The molecule has 0 radical (unpaired) electrons. The molecule has 0 aliphatic rings. The minimum Gasteiger partial charge on any atom is -0.215 e. The first kappa shape index (κ1) is 14.4. The molecule has 0 heterocycles. The van der Waals surface area contributed by atoms with Crippen LogP contribution in [-0.4, -0.2) is 26.0 Å². The molecule has 0 aromatic rings. The number of nitrogens with one attached hydrogen (secondary N) is 1. The molecule has 0 saturated heterocycles.